The normalized spacial score (nSPS) is 19.5. The smallest absolute Gasteiger partial charge is 0.260 e. The molecule has 5 rings (SSSR count). The van der Waals surface area contributed by atoms with Crippen LogP contribution in [0.25, 0.3) is 16.8 Å². The molecule has 0 unspecified atom stereocenters. The van der Waals surface area contributed by atoms with Crippen LogP contribution in [-0.4, -0.2) is 90.5 Å². The lowest BCUT2D eigenvalue weighted by Crippen LogP contribution is -2.41. The number of Topliss-reactive ketones (excluding diaryl/α,β-unsaturated/α-hetero) is 1. The molecule has 4 heterocycles. The number of ether oxygens (including phenoxy) is 4. The van der Waals surface area contributed by atoms with E-state index in [-0.39, 0.29) is 24.3 Å². The minimum Gasteiger partial charge on any atom is -0.490 e. The third kappa shape index (κ3) is 4.59. The van der Waals surface area contributed by atoms with E-state index in [9.17, 15) is 9.59 Å². The number of ketones is 1. The molecule has 4 bridgehead atoms. The van der Waals surface area contributed by atoms with Gasteiger partial charge in [-0.15, -0.1) is 0 Å². The fourth-order valence-electron chi connectivity index (χ4n) is 4.61. The first-order chi connectivity index (χ1) is 17.5. The summed E-state index contributed by atoms with van der Waals surface area (Å²) in [7, 11) is 3.13. The number of fused-ring (bicyclic) bond motifs is 5. The SMILES string of the molecule is COCCO[C@@H]1C[C@H]2COc3nc4c(cnn4cc3OC)-c3cc(cc(C(C)=O)c3)NCCN2C1=O. The van der Waals surface area contributed by atoms with Gasteiger partial charge in [0.15, 0.2) is 17.2 Å². The van der Waals surface area contributed by atoms with E-state index in [0.717, 1.165) is 16.8 Å². The maximum absolute atomic E-state index is 13.2. The summed E-state index contributed by atoms with van der Waals surface area (Å²) >= 11 is 0. The van der Waals surface area contributed by atoms with Gasteiger partial charge in [0.05, 0.1) is 38.8 Å². The molecule has 1 fully saturated rings. The fourth-order valence-corrected chi connectivity index (χ4v) is 4.61. The number of hydrogen-bond donors (Lipinski definition) is 1. The van der Waals surface area contributed by atoms with E-state index in [4.69, 9.17) is 23.9 Å². The van der Waals surface area contributed by atoms with Crippen LogP contribution in [0.3, 0.4) is 0 Å². The molecule has 11 heteroatoms. The highest BCUT2D eigenvalue weighted by atomic mass is 16.5. The number of amides is 1. The Kier molecular flexibility index (Phi) is 6.75. The van der Waals surface area contributed by atoms with E-state index in [2.05, 4.69) is 10.4 Å². The molecule has 0 radical (unpaired) electrons. The minimum absolute atomic E-state index is 0.0537. The summed E-state index contributed by atoms with van der Waals surface area (Å²) in [6.07, 6.45) is 3.35. The van der Waals surface area contributed by atoms with Gasteiger partial charge in [-0.25, -0.2) is 4.52 Å². The molecule has 2 aromatic heterocycles. The fraction of sp³-hybridized carbons (Fsp3) is 0.440. The summed E-state index contributed by atoms with van der Waals surface area (Å²) in [4.78, 5) is 31.9. The summed E-state index contributed by atoms with van der Waals surface area (Å²) in [5.41, 5.74) is 3.45. The first-order valence-corrected chi connectivity index (χ1v) is 11.8. The first-order valence-electron chi connectivity index (χ1n) is 11.8. The van der Waals surface area contributed by atoms with Crippen LogP contribution in [-0.2, 0) is 14.3 Å². The molecule has 2 aliphatic heterocycles. The van der Waals surface area contributed by atoms with Crippen molar-refractivity contribution in [1.82, 2.24) is 19.5 Å². The molecule has 1 N–H and O–H groups in total. The summed E-state index contributed by atoms with van der Waals surface area (Å²) in [5, 5.41) is 7.80. The zero-order chi connectivity index (χ0) is 25.2. The van der Waals surface area contributed by atoms with Gasteiger partial charge in [0.25, 0.3) is 11.8 Å². The van der Waals surface area contributed by atoms with Crippen molar-refractivity contribution >= 4 is 23.0 Å². The van der Waals surface area contributed by atoms with Crippen LogP contribution in [0.1, 0.15) is 23.7 Å². The van der Waals surface area contributed by atoms with E-state index in [1.54, 1.807) is 28.9 Å². The van der Waals surface area contributed by atoms with Crippen molar-refractivity contribution in [2.24, 2.45) is 0 Å². The van der Waals surface area contributed by atoms with Gasteiger partial charge in [0.1, 0.15) is 12.7 Å². The van der Waals surface area contributed by atoms with E-state index in [1.165, 1.54) is 14.0 Å². The number of hydrogen-bond acceptors (Lipinski definition) is 9. The second-order valence-corrected chi connectivity index (χ2v) is 8.81. The number of carbonyl (C=O) groups is 2. The molecule has 1 amide bonds. The zero-order valence-corrected chi connectivity index (χ0v) is 20.5. The number of methoxy groups -OCH3 is 2. The van der Waals surface area contributed by atoms with E-state index in [1.807, 2.05) is 18.2 Å². The van der Waals surface area contributed by atoms with Gasteiger partial charge in [-0.05, 0) is 30.7 Å². The number of rotatable bonds is 6. The zero-order valence-electron chi connectivity index (χ0n) is 20.5. The number of nitrogens with zero attached hydrogens (tertiary/aromatic N) is 4. The Balaban J connectivity index is 1.55. The van der Waals surface area contributed by atoms with E-state index >= 15 is 0 Å². The van der Waals surface area contributed by atoms with Crippen LogP contribution in [0.5, 0.6) is 11.6 Å². The van der Waals surface area contributed by atoms with Gasteiger partial charge in [-0.1, -0.05) is 0 Å². The lowest BCUT2D eigenvalue weighted by atomic mass is 10.0. The predicted octanol–water partition coefficient (Wildman–Crippen LogP) is 2.04. The molecular weight excluding hydrogens is 466 g/mol. The minimum atomic E-state index is -0.559. The summed E-state index contributed by atoms with van der Waals surface area (Å²) in [6.45, 7) is 3.45. The lowest BCUT2D eigenvalue weighted by molar-refractivity contribution is -0.138. The number of anilines is 1. The summed E-state index contributed by atoms with van der Waals surface area (Å²) < 4.78 is 24.1. The number of carbonyl (C=O) groups excluding carboxylic acids is 2. The van der Waals surface area contributed by atoms with Crippen LogP contribution < -0.4 is 14.8 Å². The quantitative estimate of drug-likeness (QED) is 0.405. The van der Waals surface area contributed by atoms with Crippen molar-refractivity contribution < 1.29 is 28.5 Å². The molecule has 2 atom stereocenters. The van der Waals surface area contributed by atoms with Gasteiger partial charge >= 0.3 is 0 Å². The molecule has 36 heavy (non-hydrogen) atoms. The largest absolute Gasteiger partial charge is 0.490 e. The number of benzene rings is 1. The van der Waals surface area contributed by atoms with Crippen LogP contribution >= 0.6 is 0 Å². The molecule has 1 saturated heterocycles. The third-order valence-corrected chi connectivity index (χ3v) is 6.48. The highest BCUT2D eigenvalue weighted by molar-refractivity contribution is 5.97. The van der Waals surface area contributed by atoms with Crippen LogP contribution in [0.4, 0.5) is 5.69 Å². The number of aromatic nitrogens is 3. The average Bonchev–Trinajstić information content (AvgIpc) is 3.42. The molecule has 0 aliphatic carbocycles. The topological polar surface area (TPSA) is 117 Å². The Morgan fingerprint density at radius 2 is 2.11 bits per heavy atom. The van der Waals surface area contributed by atoms with Crippen molar-refractivity contribution in [2.45, 2.75) is 25.5 Å². The molecule has 1 aromatic carbocycles. The van der Waals surface area contributed by atoms with Gasteiger partial charge in [0, 0.05) is 43.4 Å². The maximum atomic E-state index is 13.2. The van der Waals surface area contributed by atoms with Crippen LogP contribution in [0, 0.1) is 0 Å². The Hall–Kier alpha value is -3.70. The molecular formula is C25H29N5O6. The van der Waals surface area contributed by atoms with Crippen molar-refractivity contribution in [3.8, 4) is 22.8 Å². The molecule has 190 valence electrons. The molecule has 3 aromatic rings. The Bertz CT molecular complexity index is 1290. The second kappa shape index (κ2) is 10.1. The second-order valence-electron chi connectivity index (χ2n) is 8.81. The molecule has 11 nitrogen and oxygen atoms in total. The monoisotopic (exact) mass is 495 g/mol. The lowest BCUT2D eigenvalue weighted by Gasteiger charge is -2.25. The van der Waals surface area contributed by atoms with Gasteiger partial charge < -0.3 is 29.2 Å². The van der Waals surface area contributed by atoms with Crippen LogP contribution in [0.15, 0.2) is 30.6 Å². The summed E-state index contributed by atoms with van der Waals surface area (Å²) in [6, 6.07) is 5.38. The molecule has 2 aliphatic rings. The van der Waals surface area contributed by atoms with Gasteiger partial charge in [-0.3, -0.25) is 9.59 Å². The highest BCUT2D eigenvalue weighted by Crippen LogP contribution is 2.33. The average molecular weight is 496 g/mol. The van der Waals surface area contributed by atoms with Crippen molar-refractivity contribution in [1.29, 1.82) is 0 Å². The highest BCUT2D eigenvalue weighted by Gasteiger charge is 2.40. The first kappa shape index (κ1) is 24.0. The Morgan fingerprint density at radius 3 is 2.89 bits per heavy atom. The van der Waals surface area contributed by atoms with Crippen molar-refractivity contribution in [3.63, 3.8) is 0 Å². The van der Waals surface area contributed by atoms with Gasteiger partial charge in [0.2, 0.25) is 0 Å². The van der Waals surface area contributed by atoms with E-state index in [0.29, 0.717) is 55.6 Å². The molecule has 0 spiro atoms. The predicted molar refractivity (Wildman–Crippen MR) is 131 cm³/mol. The number of nitrogens with one attached hydrogen (secondary N) is 1. The molecule has 0 saturated carbocycles. The maximum Gasteiger partial charge on any atom is 0.260 e. The Morgan fingerprint density at radius 1 is 1.25 bits per heavy atom. The van der Waals surface area contributed by atoms with Crippen LogP contribution in [0.2, 0.25) is 0 Å². The third-order valence-electron chi connectivity index (χ3n) is 6.48. The summed E-state index contributed by atoms with van der Waals surface area (Å²) in [5.74, 6) is 0.594. The van der Waals surface area contributed by atoms with E-state index < -0.39 is 6.10 Å². The van der Waals surface area contributed by atoms with Crippen molar-refractivity contribution in [2.75, 3.05) is 52.4 Å². The van der Waals surface area contributed by atoms with Crippen molar-refractivity contribution in [3.05, 3.63) is 36.2 Å². The van der Waals surface area contributed by atoms with Gasteiger partial charge in [-0.2, -0.15) is 10.1 Å². The standard InChI is InChI=1S/C25H29N5O6/c1-15(31)16-8-17-10-18(9-16)26-4-5-29-19(11-21(25(29)32)35-7-6-33-2)14-36-24-22(34-3)13-30-23(28-24)20(17)12-27-30/h8-10,12-13,19,21,26H,4-7,11,14H2,1-3H3/t19-,21+/m0/s1. The Labute approximate surface area is 208 Å².